The van der Waals surface area contributed by atoms with Crippen molar-refractivity contribution in [2.75, 3.05) is 57.1 Å². The SMILES string of the molecule is CCNc1nc(OCC)nc(N(C)CC2CCN(C)C2)n1. The molecule has 0 amide bonds. The summed E-state index contributed by atoms with van der Waals surface area (Å²) >= 11 is 0. The van der Waals surface area contributed by atoms with Gasteiger partial charge in [-0.3, -0.25) is 0 Å². The molecular formula is C14H26N6O. The van der Waals surface area contributed by atoms with Gasteiger partial charge in [0.2, 0.25) is 11.9 Å². The molecule has 1 N–H and O–H groups in total. The molecule has 0 bridgehead atoms. The fourth-order valence-corrected chi connectivity index (χ4v) is 2.59. The largest absolute Gasteiger partial charge is 0.464 e. The molecule has 0 spiro atoms. The summed E-state index contributed by atoms with van der Waals surface area (Å²) in [5.41, 5.74) is 0. The molecule has 1 aromatic heterocycles. The molecule has 0 aliphatic carbocycles. The summed E-state index contributed by atoms with van der Waals surface area (Å²) in [6.07, 6.45) is 1.23. The van der Waals surface area contributed by atoms with Gasteiger partial charge in [-0.1, -0.05) is 0 Å². The first-order valence-corrected chi connectivity index (χ1v) is 7.64. The fraction of sp³-hybridized carbons (Fsp3) is 0.786. The maximum Gasteiger partial charge on any atom is 0.323 e. The van der Waals surface area contributed by atoms with E-state index in [1.54, 1.807) is 0 Å². The van der Waals surface area contributed by atoms with Crippen molar-refractivity contribution in [3.63, 3.8) is 0 Å². The minimum atomic E-state index is 0.383. The van der Waals surface area contributed by atoms with Crippen LogP contribution in [-0.2, 0) is 0 Å². The van der Waals surface area contributed by atoms with Gasteiger partial charge in [-0.15, -0.1) is 0 Å². The average Bonchev–Trinajstić information content (AvgIpc) is 2.84. The van der Waals surface area contributed by atoms with Gasteiger partial charge in [0.1, 0.15) is 0 Å². The van der Waals surface area contributed by atoms with E-state index >= 15 is 0 Å². The van der Waals surface area contributed by atoms with Crippen LogP contribution in [0.25, 0.3) is 0 Å². The van der Waals surface area contributed by atoms with Gasteiger partial charge in [0.05, 0.1) is 6.61 Å². The van der Waals surface area contributed by atoms with Gasteiger partial charge in [-0.05, 0) is 39.8 Å². The molecule has 0 saturated carbocycles. The van der Waals surface area contributed by atoms with Crippen LogP contribution < -0.4 is 15.0 Å². The Hall–Kier alpha value is -1.63. The van der Waals surface area contributed by atoms with E-state index in [1.807, 2.05) is 20.9 Å². The first-order chi connectivity index (χ1) is 10.1. The number of ether oxygens (including phenoxy) is 1. The molecule has 2 rings (SSSR count). The van der Waals surface area contributed by atoms with Crippen molar-refractivity contribution >= 4 is 11.9 Å². The summed E-state index contributed by atoms with van der Waals surface area (Å²) in [4.78, 5) is 17.6. The van der Waals surface area contributed by atoms with Crippen LogP contribution >= 0.6 is 0 Å². The Balaban J connectivity index is 2.08. The molecule has 1 aliphatic heterocycles. The first-order valence-electron chi connectivity index (χ1n) is 7.64. The molecule has 1 aliphatic rings. The van der Waals surface area contributed by atoms with Crippen molar-refractivity contribution in [2.45, 2.75) is 20.3 Å². The van der Waals surface area contributed by atoms with Crippen LogP contribution in [0.2, 0.25) is 0 Å². The van der Waals surface area contributed by atoms with Crippen LogP contribution in [0, 0.1) is 5.92 Å². The Morgan fingerprint density at radius 1 is 1.33 bits per heavy atom. The van der Waals surface area contributed by atoms with Crippen molar-refractivity contribution in [3.8, 4) is 6.01 Å². The Morgan fingerprint density at radius 3 is 2.76 bits per heavy atom. The number of anilines is 2. The molecule has 1 fully saturated rings. The average molecular weight is 294 g/mol. The standard InChI is InChI=1S/C14H26N6O/c1-5-15-12-16-13(18-14(17-12)21-6-2)20(4)10-11-7-8-19(3)9-11/h11H,5-10H2,1-4H3,(H,15,16,17,18). The Labute approximate surface area is 126 Å². The molecule has 118 valence electrons. The van der Waals surface area contributed by atoms with Gasteiger partial charge in [-0.25, -0.2) is 0 Å². The molecule has 21 heavy (non-hydrogen) atoms. The van der Waals surface area contributed by atoms with E-state index in [1.165, 1.54) is 13.0 Å². The second-order valence-electron chi connectivity index (χ2n) is 5.50. The minimum Gasteiger partial charge on any atom is -0.464 e. The van der Waals surface area contributed by atoms with Gasteiger partial charge < -0.3 is 19.9 Å². The topological polar surface area (TPSA) is 66.4 Å². The maximum absolute atomic E-state index is 5.43. The number of nitrogens with zero attached hydrogens (tertiary/aromatic N) is 5. The van der Waals surface area contributed by atoms with Crippen molar-refractivity contribution < 1.29 is 4.74 Å². The summed E-state index contributed by atoms with van der Waals surface area (Å²) in [6.45, 7) is 8.51. The van der Waals surface area contributed by atoms with E-state index in [4.69, 9.17) is 4.74 Å². The molecular weight excluding hydrogens is 268 g/mol. The molecule has 0 radical (unpaired) electrons. The van der Waals surface area contributed by atoms with Gasteiger partial charge in [0.15, 0.2) is 0 Å². The monoisotopic (exact) mass is 294 g/mol. The summed E-state index contributed by atoms with van der Waals surface area (Å²) in [7, 11) is 4.19. The Kier molecular flexibility index (Phi) is 5.55. The summed E-state index contributed by atoms with van der Waals surface area (Å²) < 4.78 is 5.43. The highest BCUT2D eigenvalue weighted by atomic mass is 16.5. The quantitative estimate of drug-likeness (QED) is 0.807. The minimum absolute atomic E-state index is 0.383. The lowest BCUT2D eigenvalue weighted by Crippen LogP contribution is -2.29. The summed E-state index contributed by atoms with van der Waals surface area (Å²) in [6, 6.07) is 0.383. The molecule has 1 aromatic rings. The smallest absolute Gasteiger partial charge is 0.323 e. The van der Waals surface area contributed by atoms with Gasteiger partial charge in [-0.2, -0.15) is 15.0 Å². The van der Waals surface area contributed by atoms with Crippen molar-refractivity contribution in [1.82, 2.24) is 19.9 Å². The molecule has 1 atom stereocenters. The Morgan fingerprint density at radius 2 is 2.14 bits per heavy atom. The van der Waals surface area contributed by atoms with Crippen molar-refractivity contribution in [2.24, 2.45) is 5.92 Å². The van der Waals surface area contributed by atoms with E-state index in [-0.39, 0.29) is 0 Å². The van der Waals surface area contributed by atoms with Crippen LogP contribution in [-0.4, -0.2) is 66.7 Å². The van der Waals surface area contributed by atoms with Gasteiger partial charge in [0.25, 0.3) is 0 Å². The molecule has 2 heterocycles. The third kappa shape index (κ3) is 4.42. The van der Waals surface area contributed by atoms with Crippen LogP contribution in [0.15, 0.2) is 0 Å². The third-order valence-electron chi connectivity index (χ3n) is 3.57. The lowest BCUT2D eigenvalue weighted by molar-refractivity contribution is 0.312. The third-order valence-corrected chi connectivity index (χ3v) is 3.57. The number of hydrogen-bond acceptors (Lipinski definition) is 7. The van der Waals surface area contributed by atoms with Crippen LogP contribution in [0.3, 0.4) is 0 Å². The van der Waals surface area contributed by atoms with E-state index in [9.17, 15) is 0 Å². The summed E-state index contributed by atoms with van der Waals surface area (Å²) in [5.74, 6) is 1.90. The molecule has 7 heteroatoms. The number of aromatic nitrogens is 3. The van der Waals surface area contributed by atoms with Crippen LogP contribution in [0.5, 0.6) is 6.01 Å². The molecule has 1 saturated heterocycles. The highest BCUT2D eigenvalue weighted by molar-refractivity contribution is 5.37. The normalized spacial score (nSPS) is 18.8. The number of rotatable bonds is 7. The first kappa shape index (κ1) is 15.8. The number of nitrogens with one attached hydrogen (secondary N) is 1. The zero-order chi connectivity index (χ0) is 15.2. The lowest BCUT2D eigenvalue weighted by Gasteiger charge is -2.21. The van der Waals surface area contributed by atoms with Crippen molar-refractivity contribution in [3.05, 3.63) is 0 Å². The zero-order valence-corrected chi connectivity index (χ0v) is 13.5. The lowest BCUT2D eigenvalue weighted by atomic mass is 10.1. The van der Waals surface area contributed by atoms with E-state index in [0.29, 0.717) is 30.4 Å². The van der Waals surface area contributed by atoms with Crippen LogP contribution in [0.1, 0.15) is 20.3 Å². The molecule has 1 unspecified atom stereocenters. The van der Waals surface area contributed by atoms with Gasteiger partial charge >= 0.3 is 6.01 Å². The predicted molar refractivity (Wildman–Crippen MR) is 84.0 cm³/mol. The van der Waals surface area contributed by atoms with E-state index in [0.717, 1.165) is 19.6 Å². The summed E-state index contributed by atoms with van der Waals surface area (Å²) in [5, 5.41) is 3.13. The van der Waals surface area contributed by atoms with Gasteiger partial charge in [0, 0.05) is 26.7 Å². The van der Waals surface area contributed by atoms with Crippen molar-refractivity contribution in [1.29, 1.82) is 0 Å². The number of hydrogen-bond donors (Lipinski definition) is 1. The molecule has 0 aromatic carbocycles. The second kappa shape index (κ2) is 7.40. The van der Waals surface area contributed by atoms with Crippen LogP contribution in [0.4, 0.5) is 11.9 Å². The highest BCUT2D eigenvalue weighted by Gasteiger charge is 2.22. The molecule has 7 nitrogen and oxygen atoms in total. The highest BCUT2D eigenvalue weighted by Crippen LogP contribution is 2.19. The zero-order valence-electron chi connectivity index (χ0n) is 13.5. The number of likely N-dealkylation sites (tertiary alicyclic amines) is 1. The fourth-order valence-electron chi connectivity index (χ4n) is 2.59. The maximum atomic E-state index is 5.43. The predicted octanol–water partition coefficient (Wildman–Crippen LogP) is 1.09. The second-order valence-corrected chi connectivity index (χ2v) is 5.50. The Bertz CT molecular complexity index is 431. The van der Waals surface area contributed by atoms with E-state index < -0.39 is 0 Å². The van der Waals surface area contributed by atoms with E-state index in [2.05, 4.69) is 37.1 Å².